The Hall–Kier alpha value is -3.06. The highest BCUT2D eigenvalue weighted by atomic mass is 16.5. The molecule has 0 saturated heterocycles. The third kappa shape index (κ3) is 8.13. The predicted molar refractivity (Wildman–Crippen MR) is 118 cm³/mol. The van der Waals surface area contributed by atoms with Gasteiger partial charge in [-0.15, -0.1) is 0 Å². The lowest BCUT2D eigenvalue weighted by molar-refractivity contribution is -0.122. The van der Waals surface area contributed by atoms with Crippen molar-refractivity contribution in [2.45, 2.75) is 26.3 Å². The van der Waals surface area contributed by atoms with E-state index in [9.17, 15) is 9.59 Å². The number of rotatable bonds is 10. The molecule has 3 amide bonds. The van der Waals surface area contributed by atoms with E-state index in [1.54, 1.807) is 6.07 Å². The summed E-state index contributed by atoms with van der Waals surface area (Å²) in [7, 11) is 4.00. The summed E-state index contributed by atoms with van der Waals surface area (Å²) in [6.45, 7) is 5.56. The summed E-state index contributed by atoms with van der Waals surface area (Å²) in [5, 5.41) is 5.63. The van der Waals surface area contributed by atoms with E-state index in [0.717, 1.165) is 12.1 Å². The normalized spacial score (nSPS) is 12.3. The molecule has 0 saturated carbocycles. The first-order valence-electron chi connectivity index (χ1n) is 9.95. The van der Waals surface area contributed by atoms with Crippen molar-refractivity contribution < 1.29 is 14.3 Å². The molecule has 0 spiro atoms. The molecule has 1 atom stereocenters. The van der Waals surface area contributed by atoms with Crippen LogP contribution in [-0.4, -0.2) is 44.0 Å². The molecule has 0 fully saturated rings. The highest BCUT2D eigenvalue weighted by Crippen LogP contribution is 2.26. The minimum atomic E-state index is -0.685. The van der Waals surface area contributed by atoms with E-state index in [1.807, 2.05) is 62.6 Å². The van der Waals surface area contributed by atoms with Crippen LogP contribution in [0, 0.1) is 5.41 Å². The smallest absolute Gasteiger partial charge is 0.312 e. The van der Waals surface area contributed by atoms with Gasteiger partial charge in [0.1, 0.15) is 11.5 Å². The average Bonchev–Trinajstić information content (AvgIpc) is 2.66. The first-order valence-corrected chi connectivity index (χ1v) is 9.95. The Morgan fingerprint density at radius 1 is 1.07 bits per heavy atom. The van der Waals surface area contributed by atoms with Crippen LogP contribution in [0.15, 0.2) is 54.6 Å². The maximum Gasteiger partial charge on any atom is 0.312 e. The van der Waals surface area contributed by atoms with Crippen molar-refractivity contribution in [3.63, 3.8) is 0 Å². The van der Waals surface area contributed by atoms with Crippen LogP contribution in [0.4, 0.5) is 4.79 Å². The predicted octanol–water partition coefficient (Wildman–Crippen LogP) is 3.28. The Balaban J connectivity index is 2.07. The molecule has 0 heterocycles. The highest BCUT2D eigenvalue weighted by Gasteiger charge is 2.22. The second-order valence-corrected chi connectivity index (χ2v) is 8.43. The van der Waals surface area contributed by atoms with Crippen LogP contribution in [0.1, 0.15) is 31.9 Å². The number of carbonyl (C=O) groups is 2. The van der Waals surface area contributed by atoms with Crippen LogP contribution >= 0.6 is 0 Å². The van der Waals surface area contributed by atoms with Gasteiger partial charge in [-0.3, -0.25) is 4.79 Å². The minimum absolute atomic E-state index is 0.0742. The number of primary amides is 1. The molecule has 0 bridgehead atoms. The Bertz CT molecular complexity index is 837. The quantitative estimate of drug-likeness (QED) is 0.558. The van der Waals surface area contributed by atoms with Crippen LogP contribution in [-0.2, 0) is 4.79 Å². The molecule has 7 nitrogen and oxygen atoms in total. The molecule has 162 valence electrons. The molecule has 0 aliphatic carbocycles. The highest BCUT2D eigenvalue weighted by molar-refractivity contribution is 5.78. The van der Waals surface area contributed by atoms with Gasteiger partial charge in [-0.1, -0.05) is 44.2 Å². The van der Waals surface area contributed by atoms with Crippen molar-refractivity contribution in [2.75, 3.05) is 27.2 Å². The van der Waals surface area contributed by atoms with E-state index in [-0.39, 0.29) is 17.7 Å². The average molecular weight is 413 g/mol. The van der Waals surface area contributed by atoms with Gasteiger partial charge in [-0.05, 0) is 49.3 Å². The molecule has 0 aromatic heterocycles. The zero-order valence-corrected chi connectivity index (χ0v) is 18.1. The molecule has 7 heteroatoms. The zero-order chi connectivity index (χ0) is 22.1. The van der Waals surface area contributed by atoms with Crippen molar-refractivity contribution in [3.05, 3.63) is 60.2 Å². The molecule has 4 N–H and O–H groups in total. The van der Waals surface area contributed by atoms with E-state index in [2.05, 4.69) is 29.4 Å². The standard InChI is InChI=1S/C23H32N4O3/c1-23(2,16-27(3)4)15-25-21(28)14-20(26-22(24)29)17-9-8-12-19(13-17)30-18-10-6-5-7-11-18/h5-13,20H,14-16H2,1-4H3,(H,25,28)(H3,24,26,29). The van der Waals surface area contributed by atoms with Gasteiger partial charge < -0.3 is 26.0 Å². The summed E-state index contributed by atoms with van der Waals surface area (Å²) in [4.78, 5) is 26.2. The molecule has 2 rings (SSSR count). The van der Waals surface area contributed by atoms with Crippen molar-refractivity contribution in [1.82, 2.24) is 15.5 Å². The maximum atomic E-state index is 12.6. The number of hydrogen-bond acceptors (Lipinski definition) is 4. The Morgan fingerprint density at radius 2 is 1.73 bits per heavy atom. The number of nitrogens with two attached hydrogens (primary N) is 1. The Kier molecular flexibility index (Phi) is 8.24. The van der Waals surface area contributed by atoms with Gasteiger partial charge in [0, 0.05) is 13.1 Å². The fraction of sp³-hybridized carbons (Fsp3) is 0.391. The molecule has 0 aliphatic heterocycles. The number of ether oxygens (including phenoxy) is 1. The van der Waals surface area contributed by atoms with E-state index in [0.29, 0.717) is 18.0 Å². The number of benzene rings is 2. The lowest BCUT2D eigenvalue weighted by Gasteiger charge is -2.28. The van der Waals surface area contributed by atoms with Gasteiger partial charge in [0.25, 0.3) is 0 Å². The van der Waals surface area contributed by atoms with Crippen molar-refractivity contribution in [1.29, 1.82) is 0 Å². The third-order valence-electron chi connectivity index (χ3n) is 4.45. The van der Waals surface area contributed by atoms with Crippen LogP contribution < -0.4 is 21.1 Å². The number of hydrogen-bond donors (Lipinski definition) is 3. The van der Waals surface area contributed by atoms with Gasteiger partial charge >= 0.3 is 6.03 Å². The fourth-order valence-electron chi connectivity index (χ4n) is 3.35. The van der Waals surface area contributed by atoms with Crippen LogP contribution in [0.2, 0.25) is 0 Å². The zero-order valence-electron chi connectivity index (χ0n) is 18.1. The molecule has 2 aromatic rings. The number of nitrogens with zero attached hydrogens (tertiary/aromatic N) is 1. The number of urea groups is 1. The van der Waals surface area contributed by atoms with E-state index in [1.165, 1.54) is 0 Å². The van der Waals surface area contributed by atoms with Gasteiger partial charge in [-0.2, -0.15) is 0 Å². The minimum Gasteiger partial charge on any atom is -0.457 e. The van der Waals surface area contributed by atoms with Crippen LogP contribution in [0.3, 0.4) is 0 Å². The first kappa shape index (κ1) is 23.2. The largest absolute Gasteiger partial charge is 0.457 e. The summed E-state index contributed by atoms with van der Waals surface area (Å²) in [6, 6.07) is 15.4. The van der Waals surface area contributed by atoms with Gasteiger partial charge in [-0.25, -0.2) is 4.79 Å². The Morgan fingerprint density at radius 3 is 2.37 bits per heavy atom. The summed E-state index contributed by atoms with van der Waals surface area (Å²) >= 11 is 0. The molecule has 30 heavy (non-hydrogen) atoms. The van der Waals surface area contributed by atoms with Gasteiger partial charge in [0.2, 0.25) is 5.91 Å². The van der Waals surface area contributed by atoms with Crippen molar-refractivity contribution >= 4 is 11.9 Å². The summed E-state index contributed by atoms with van der Waals surface area (Å²) in [5.74, 6) is 1.16. The number of para-hydroxylation sites is 1. The molecule has 0 radical (unpaired) electrons. The maximum absolute atomic E-state index is 12.6. The second-order valence-electron chi connectivity index (χ2n) is 8.43. The lowest BCUT2D eigenvalue weighted by Crippen LogP contribution is -2.42. The Labute approximate surface area is 178 Å². The molecule has 1 unspecified atom stereocenters. The van der Waals surface area contributed by atoms with Gasteiger partial charge in [0.15, 0.2) is 0 Å². The number of amides is 3. The second kappa shape index (κ2) is 10.6. The van der Waals surface area contributed by atoms with Gasteiger partial charge in [0.05, 0.1) is 12.5 Å². The first-order chi connectivity index (χ1) is 14.1. The summed E-state index contributed by atoms with van der Waals surface area (Å²) in [5.41, 5.74) is 6.01. The van der Waals surface area contributed by atoms with Crippen LogP contribution in [0.5, 0.6) is 11.5 Å². The molecule has 2 aromatic carbocycles. The molecule has 0 aliphatic rings. The van der Waals surface area contributed by atoms with E-state index < -0.39 is 12.1 Å². The fourth-order valence-corrected chi connectivity index (χ4v) is 3.35. The summed E-state index contributed by atoms with van der Waals surface area (Å²) < 4.78 is 5.86. The monoisotopic (exact) mass is 412 g/mol. The third-order valence-corrected chi connectivity index (χ3v) is 4.45. The van der Waals surface area contributed by atoms with E-state index >= 15 is 0 Å². The SMILES string of the molecule is CN(C)CC(C)(C)CNC(=O)CC(NC(N)=O)c1cccc(Oc2ccccc2)c1. The van der Waals surface area contributed by atoms with Crippen molar-refractivity contribution in [2.24, 2.45) is 11.1 Å². The number of nitrogens with one attached hydrogen (secondary N) is 2. The lowest BCUT2D eigenvalue weighted by atomic mass is 9.92. The number of carbonyl (C=O) groups excluding carboxylic acids is 2. The topological polar surface area (TPSA) is 96.7 Å². The van der Waals surface area contributed by atoms with Crippen LogP contribution in [0.25, 0.3) is 0 Å². The molecular weight excluding hydrogens is 380 g/mol. The molecular formula is C23H32N4O3. The summed E-state index contributed by atoms with van der Waals surface area (Å²) in [6.07, 6.45) is 0.0791. The van der Waals surface area contributed by atoms with Crippen molar-refractivity contribution in [3.8, 4) is 11.5 Å². The van der Waals surface area contributed by atoms with E-state index in [4.69, 9.17) is 10.5 Å².